The molecule has 0 saturated carbocycles. The van der Waals surface area contributed by atoms with Gasteiger partial charge in [-0.05, 0) is 32.6 Å². The minimum Gasteiger partial charge on any atom is -0.493 e. The molecular formula is C15H23NO3. The third-order valence-electron chi connectivity index (χ3n) is 3.10. The van der Waals surface area contributed by atoms with E-state index in [4.69, 9.17) is 19.9 Å². The molecule has 1 aliphatic rings. The molecule has 1 aromatic carbocycles. The largest absolute Gasteiger partial charge is 0.493 e. The lowest BCUT2D eigenvalue weighted by Crippen LogP contribution is -2.21. The van der Waals surface area contributed by atoms with Crippen LogP contribution in [-0.2, 0) is 4.74 Å². The van der Waals surface area contributed by atoms with Crippen LogP contribution >= 0.6 is 0 Å². The minimum absolute atomic E-state index is 0.130. The number of hydrogen-bond donors (Lipinski definition) is 1. The maximum absolute atomic E-state index is 5.86. The summed E-state index contributed by atoms with van der Waals surface area (Å²) in [4.78, 5) is 0. The first-order valence-electron chi connectivity index (χ1n) is 6.91. The molecule has 1 fully saturated rings. The van der Waals surface area contributed by atoms with Gasteiger partial charge in [0.1, 0.15) is 11.5 Å². The van der Waals surface area contributed by atoms with Crippen molar-refractivity contribution in [3.05, 3.63) is 18.2 Å². The minimum atomic E-state index is 0.130. The second-order valence-corrected chi connectivity index (χ2v) is 5.27. The molecule has 19 heavy (non-hydrogen) atoms. The summed E-state index contributed by atoms with van der Waals surface area (Å²) < 4.78 is 16.8. The third kappa shape index (κ3) is 4.63. The van der Waals surface area contributed by atoms with E-state index in [1.807, 2.05) is 32.0 Å². The van der Waals surface area contributed by atoms with Gasteiger partial charge < -0.3 is 19.9 Å². The van der Waals surface area contributed by atoms with Gasteiger partial charge in [-0.2, -0.15) is 0 Å². The van der Waals surface area contributed by atoms with Crippen LogP contribution in [0.25, 0.3) is 0 Å². The maximum Gasteiger partial charge on any atom is 0.125 e. The second kappa shape index (κ2) is 6.66. The first-order chi connectivity index (χ1) is 9.13. The molecule has 0 unspecified atom stereocenters. The van der Waals surface area contributed by atoms with Crippen molar-refractivity contribution in [2.45, 2.75) is 32.8 Å². The molecule has 1 heterocycles. The Morgan fingerprint density at radius 2 is 1.89 bits per heavy atom. The summed E-state index contributed by atoms with van der Waals surface area (Å²) in [6.45, 7) is 6.38. The Morgan fingerprint density at radius 1 is 1.21 bits per heavy atom. The zero-order valence-corrected chi connectivity index (χ0v) is 11.7. The molecule has 1 aromatic rings. The highest BCUT2D eigenvalue weighted by Crippen LogP contribution is 2.26. The van der Waals surface area contributed by atoms with Crippen LogP contribution in [0.5, 0.6) is 11.5 Å². The zero-order valence-electron chi connectivity index (χ0n) is 11.7. The molecule has 0 aromatic heterocycles. The third-order valence-corrected chi connectivity index (χ3v) is 3.10. The fourth-order valence-electron chi connectivity index (χ4n) is 2.14. The number of ether oxygens (including phenoxy) is 3. The van der Waals surface area contributed by atoms with Crippen LogP contribution in [0.1, 0.15) is 26.7 Å². The Morgan fingerprint density at radius 3 is 2.58 bits per heavy atom. The van der Waals surface area contributed by atoms with Crippen molar-refractivity contribution in [1.29, 1.82) is 0 Å². The lowest BCUT2D eigenvalue weighted by atomic mass is 10.0. The van der Waals surface area contributed by atoms with Crippen LogP contribution in [0, 0.1) is 5.92 Å². The standard InChI is InChI=1S/C15H23NO3/c1-11(2)19-15-8-13(16)7-14(9-15)18-10-12-3-5-17-6-4-12/h7-9,11-12H,3-6,10,16H2,1-2H3. The number of nitrogen functional groups attached to an aromatic ring is 1. The first-order valence-corrected chi connectivity index (χ1v) is 6.91. The molecule has 0 aliphatic carbocycles. The summed E-state index contributed by atoms with van der Waals surface area (Å²) >= 11 is 0. The number of hydrogen-bond acceptors (Lipinski definition) is 4. The first kappa shape index (κ1) is 14.0. The number of nitrogens with two attached hydrogens (primary N) is 1. The van der Waals surface area contributed by atoms with Crippen LogP contribution in [0.3, 0.4) is 0 Å². The van der Waals surface area contributed by atoms with Gasteiger partial charge in [0.05, 0.1) is 12.7 Å². The average molecular weight is 265 g/mol. The molecule has 2 rings (SSSR count). The van der Waals surface area contributed by atoms with Crippen molar-refractivity contribution < 1.29 is 14.2 Å². The van der Waals surface area contributed by atoms with Crippen molar-refractivity contribution in [3.8, 4) is 11.5 Å². The molecular weight excluding hydrogens is 242 g/mol. The van der Waals surface area contributed by atoms with Crippen molar-refractivity contribution in [2.24, 2.45) is 5.92 Å². The normalized spacial score (nSPS) is 16.6. The van der Waals surface area contributed by atoms with E-state index in [1.54, 1.807) is 0 Å². The molecule has 1 saturated heterocycles. The molecule has 4 nitrogen and oxygen atoms in total. The summed E-state index contributed by atoms with van der Waals surface area (Å²) in [5.74, 6) is 2.11. The molecule has 0 atom stereocenters. The Bertz CT molecular complexity index is 400. The number of benzene rings is 1. The summed E-state index contributed by atoms with van der Waals surface area (Å²) in [5.41, 5.74) is 6.53. The fourth-order valence-corrected chi connectivity index (χ4v) is 2.14. The SMILES string of the molecule is CC(C)Oc1cc(N)cc(OCC2CCOCC2)c1. The van der Waals surface area contributed by atoms with E-state index in [9.17, 15) is 0 Å². The summed E-state index contributed by atoms with van der Waals surface area (Å²) in [7, 11) is 0. The van der Waals surface area contributed by atoms with E-state index >= 15 is 0 Å². The molecule has 106 valence electrons. The smallest absolute Gasteiger partial charge is 0.125 e. The lowest BCUT2D eigenvalue weighted by molar-refractivity contribution is 0.0497. The zero-order chi connectivity index (χ0) is 13.7. The van der Waals surface area contributed by atoms with Gasteiger partial charge in [-0.15, -0.1) is 0 Å². The number of anilines is 1. The highest BCUT2D eigenvalue weighted by atomic mass is 16.5. The van der Waals surface area contributed by atoms with Gasteiger partial charge in [0.25, 0.3) is 0 Å². The van der Waals surface area contributed by atoms with Crippen LogP contribution in [0.15, 0.2) is 18.2 Å². The maximum atomic E-state index is 5.86. The van der Waals surface area contributed by atoms with Crippen molar-refractivity contribution in [3.63, 3.8) is 0 Å². The summed E-state index contributed by atoms with van der Waals surface area (Å²) in [5, 5.41) is 0. The molecule has 4 heteroatoms. The molecule has 0 bridgehead atoms. The van der Waals surface area contributed by atoms with E-state index in [-0.39, 0.29) is 6.10 Å². The van der Waals surface area contributed by atoms with E-state index in [2.05, 4.69) is 0 Å². The van der Waals surface area contributed by atoms with Crippen molar-refractivity contribution in [1.82, 2.24) is 0 Å². The molecule has 2 N–H and O–H groups in total. The van der Waals surface area contributed by atoms with E-state index in [0.717, 1.165) is 37.6 Å². The lowest BCUT2D eigenvalue weighted by Gasteiger charge is -2.22. The van der Waals surface area contributed by atoms with Gasteiger partial charge in [-0.25, -0.2) is 0 Å². The Kier molecular flexibility index (Phi) is 4.91. The van der Waals surface area contributed by atoms with Gasteiger partial charge in [0, 0.05) is 37.1 Å². The number of rotatable bonds is 5. The van der Waals surface area contributed by atoms with Gasteiger partial charge in [0.2, 0.25) is 0 Å². The average Bonchev–Trinajstić information content (AvgIpc) is 2.36. The van der Waals surface area contributed by atoms with Crippen LogP contribution in [-0.4, -0.2) is 25.9 Å². The highest BCUT2D eigenvalue weighted by molar-refractivity contribution is 5.50. The van der Waals surface area contributed by atoms with Gasteiger partial charge in [-0.3, -0.25) is 0 Å². The van der Waals surface area contributed by atoms with Crippen LogP contribution < -0.4 is 15.2 Å². The van der Waals surface area contributed by atoms with Gasteiger partial charge in [-0.1, -0.05) is 0 Å². The predicted octanol–water partition coefficient (Wildman–Crippen LogP) is 2.86. The Hall–Kier alpha value is -1.42. The van der Waals surface area contributed by atoms with E-state index in [0.29, 0.717) is 18.2 Å². The summed E-state index contributed by atoms with van der Waals surface area (Å²) in [6.07, 6.45) is 2.26. The van der Waals surface area contributed by atoms with Gasteiger partial charge in [0.15, 0.2) is 0 Å². The van der Waals surface area contributed by atoms with Crippen LogP contribution in [0.2, 0.25) is 0 Å². The fraction of sp³-hybridized carbons (Fsp3) is 0.600. The predicted molar refractivity (Wildman–Crippen MR) is 75.7 cm³/mol. The highest BCUT2D eigenvalue weighted by Gasteiger charge is 2.14. The molecule has 0 radical (unpaired) electrons. The van der Waals surface area contributed by atoms with Gasteiger partial charge >= 0.3 is 0 Å². The van der Waals surface area contributed by atoms with Crippen LogP contribution in [0.4, 0.5) is 5.69 Å². The Labute approximate surface area is 114 Å². The van der Waals surface area contributed by atoms with E-state index in [1.165, 1.54) is 0 Å². The second-order valence-electron chi connectivity index (χ2n) is 5.27. The quantitative estimate of drug-likeness (QED) is 0.832. The monoisotopic (exact) mass is 265 g/mol. The topological polar surface area (TPSA) is 53.7 Å². The van der Waals surface area contributed by atoms with Crippen molar-refractivity contribution in [2.75, 3.05) is 25.6 Å². The molecule has 0 spiro atoms. The van der Waals surface area contributed by atoms with E-state index < -0.39 is 0 Å². The molecule has 1 aliphatic heterocycles. The Balaban J connectivity index is 1.93. The molecule has 0 amide bonds. The van der Waals surface area contributed by atoms with Crippen molar-refractivity contribution >= 4 is 5.69 Å². The summed E-state index contributed by atoms with van der Waals surface area (Å²) in [6, 6.07) is 5.56.